The lowest BCUT2D eigenvalue weighted by atomic mass is 10.3. The zero-order valence-corrected chi connectivity index (χ0v) is 10.9. The van der Waals surface area contributed by atoms with Gasteiger partial charge in [0.1, 0.15) is 11.5 Å². The van der Waals surface area contributed by atoms with Crippen molar-refractivity contribution in [2.45, 2.75) is 0 Å². The van der Waals surface area contributed by atoms with Crippen LogP contribution in [-0.4, -0.2) is 19.7 Å². The summed E-state index contributed by atoms with van der Waals surface area (Å²) in [6, 6.07) is 7.82. The molecule has 0 aliphatic heterocycles. The summed E-state index contributed by atoms with van der Waals surface area (Å²) in [5, 5.41) is 5.50. The van der Waals surface area contributed by atoms with E-state index in [1.807, 2.05) is 30.5 Å². The number of rotatable bonds is 1. The molecule has 6 heteroatoms. The Kier molecular flexibility index (Phi) is 2.57. The van der Waals surface area contributed by atoms with Crippen molar-refractivity contribution in [3.63, 3.8) is 0 Å². The molecule has 3 rings (SSSR count). The average Bonchev–Trinajstić information content (AvgIpc) is 2.75. The zero-order valence-electron chi connectivity index (χ0n) is 8.51. The van der Waals surface area contributed by atoms with Crippen LogP contribution in [0.15, 0.2) is 41.3 Å². The minimum atomic E-state index is 0.415. The molecule has 84 valence electrons. The first-order valence-corrected chi connectivity index (χ1v) is 6.03. The maximum Gasteiger partial charge on any atom is 0.186 e. The van der Waals surface area contributed by atoms with Crippen LogP contribution in [0.1, 0.15) is 0 Å². The van der Waals surface area contributed by atoms with Crippen molar-refractivity contribution in [2.24, 2.45) is 0 Å². The van der Waals surface area contributed by atoms with Crippen LogP contribution in [0.2, 0.25) is 5.15 Å². The van der Waals surface area contributed by atoms with Crippen molar-refractivity contribution in [1.82, 2.24) is 19.7 Å². The van der Waals surface area contributed by atoms with Gasteiger partial charge in [0.25, 0.3) is 0 Å². The maximum absolute atomic E-state index is 5.97. The lowest BCUT2D eigenvalue weighted by molar-refractivity contribution is 0.889. The number of hydrogen-bond donors (Lipinski definition) is 0. The van der Waals surface area contributed by atoms with Gasteiger partial charge in [-0.3, -0.25) is 0 Å². The summed E-state index contributed by atoms with van der Waals surface area (Å²) in [5.41, 5.74) is 1.54. The van der Waals surface area contributed by atoms with E-state index in [0.29, 0.717) is 10.8 Å². The molecule has 0 fully saturated rings. The largest absolute Gasteiger partial charge is 0.238 e. The first-order valence-electron chi connectivity index (χ1n) is 4.86. The average molecular weight is 310 g/mol. The van der Waals surface area contributed by atoms with Gasteiger partial charge in [-0.1, -0.05) is 27.5 Å². The molecular weight excluding hydrogens is 304 g/mol. The van der Waals surface area contributed by atoms with E-state index in [1.165, 1.54) is 6.33 Å². The molecule has 0 radical (unpaired) electrons. The smallest absolute Gasteiger partial charge is 0.186 e. The molecule has 0 aliphatic carbocycles. The molecule has 0 spiro atoms. The Morgan fingerprint density at radius 2 is 1.88 bits per heavy atom. The molecule has 4 nitrogen and oxygen atoms in total. The normalized spacial score (nSPS) is 10.9. The van der Waals surface area contributed by atoms with Crippen molar-refractivity contribution < 1.29 is 0 Å². The van der Waals surface area contributed by atoms with Crippen LogP contribution in [-0.2, 0) is 0 Å². The minimum absolute atomic E-state index is 0.415. The van der Waals surface area contributed by atoms with Crippen LogP contribution >= 0.6 is 27.5 Å². The minimum Gasteiger partial charge on any atom is -0.238 e. The number of aromatic nitrogens is 4. The van der Waals surface area contributed by atoms with E-state index in [-0.39, 0.29) is 0 Å². The van der Waals surface area contributed by atoms with E-state index >= 15 is 0 Å². The molecule has 0 bridgehead atoms. The van der Waals surface area contributed by atoms with Crippen LogP contribution in [0.25, 0.3) is 16.7 Å². The third-order valence-electron chi connectivity index (χ3n) is 2.36. The summed E-state index contributed by atoms with van der Waals surface area (Å²) in [4.78, 5) is 7.99. The van der Waals surface area contributed by atoms with Gasteiger partial charge in [0, 0.05) is 10.7 Å². The number of benzene rings is 1. The fraction of sp³-hybridized carbons (Fsp3) is 0. The van der Waals surface area contributed by atoms with Crippen molar-refractivity contribution in [1.29, 1.82) is 0 Å². The number of fused-ring (bicyclic) bond motifs is 1. The molecule has 2 aromatic heterocycles. The van der Waals surface area contributed by atoms with E-state index in [1.54, 1.807) is 4.68 Å². The molecule has 0 saturated carbocycles. The highest BCUT2D eigenvalue weighted by molar-refractivity contribution is 9.10. The molecule has 3 aromatic rings. The maximum atomic E-state index is 5.97. The molecule has 0 N–H and O–H groups in total. The van der Waals surface area contributed by atoms with Gasteiger partial charge >= 0.3 is 0 Å². The number of halogens is 2. The van der Waals surface area contributed by atoms with Crippen LogP contribution in [0.3, 0.4) is 0 Å². The first-order chi connectivity index (χ1) is 8.24. The summed E-state index contributed by atoms with van der Waals surface area (Å²) in [5.74, 6) is 0. The SMILES string of the molecule is Clc1ncnc2nn(-c3ccc(Br)cc3)cc12. The molecule has 2 heterocycles. The Balaban J connectivity index is 2.18. The Labute approximate surface area is 110 Å². The van der Waals surface area contributed by atoms with Crippen LogP contribution < -0.4 is 0 Å². The highest BCUT2D eigenvalue weighted by atomic mass is 79.9. The van der Waals surface area contributed by atoms with E-state index in [4.69, 9.17) is 11.6 Å². The number of nitrogens with zero attached hydrogens (tertiary/aromatic N) is 4. The summed E-state index contributed by atoms with van der Waals surface area (Å²) < 4.78 is 2.76. The standard InChI is InChI=1S/C11H6BrClN4/c12-7-1-3-8(4-2-7)17-5-9-10(13)14-6-15-11(9)16-17/h1-6H. The lowest BCUT2D eigenvalue weighted by Gasteiger charge is -1.99. The van der Waals surface area contributed by atoms with Crippen LogP contribution in [0.5, 0.6) is 0 Å². The fourth-order valence-corrected chi connectivity index (χ4v) is 1.98. The van der Waals surface area contributed by atoms with E-state index in [0.717, 1.165) is 15.5 Å². The van der Waals surface area contributed by atoms with Gasteiger partial charge in [-0.25, -0.2) is 14.6 Å². The summed E-state index contributed by atoms with van der Waals surface area (Å²) >= 11 is 9.36. The van der Waals surface area contributed by atoms with Crippen molar-refractivity contribution in [2.75, 3.05) is 0 Å². The Hall–Kier alpha value is -1.46. The molecular formula is C11H6BrClN4. The predicted molar refractivity (Wildman–Crippen MR) is 69.4 cm³/mol. The second-order valence-corrected chi connectivity index (χ2v) is 4.73. The molecule has 0 unspecified atom stereocenters. The van der Waals surface area contributed by atoms with E-state index in [9.17, 15) is 0 Å². The molecule has 17 heavy (non-hydrogen) atoms. The van der Waals surface area contributed by atoms with Gasteiger partial charge in [-0.2, -0.15) is 0 Å². The van der Waals surface area contributed by atoms with Crippen LogP contribution in [0, 0.1) is 0 Å². The predicted octanol–water partition coefficient (Wildman–Crippen LogP) is 3.23. The molecule has 0 atom stereocenters. The van der Waals surface area contributed by atoms with E-state index < -0.39 is 0 Å². The van der Waals surface area contributed by atoms with Gasteiger partial charge in [-0.05, 0) is 24.3 Å². The topological polar surface area (TPSA) is 43.6 Å². The summed E-state index contributed by atoms with van der Waals surface area (Å²) in [6.07, 6.45) is 3.23. The quantitative estimate of drug-likeness (QED) is 0.648. The zero-order chi connectivity index (χ0) is 11.8. The first kappa shape index (κ1) is 10.7. The number of hydrogen-bond acceptors (Lipinski definition) is 3. The van der Waals surface area contributed by atoms with Gasteiger partial charge in [0.15, 0.2) is 5.65 Å². The highest BCUT2D eigenvalue weighted by Crippen LogP contribution is 2.20. The third-order valence-corrected chi connectivity index (χ3v) is 3.19. The van der Waals surface area contributed by atoms with Gasteiger partial charge in [0.2, 0.25) is 0 Å². The lowest BCUT2D eigenvalue weighted by Crippen LogP contribution is -1.93. The van der Waals surface area contributed by atoms with Crippen LogP contribution in [0.4, 0.5) is 0 Å². The third kappa shape index (κ3) is 1.92. The Morgan fingerprint density at radius 1 is 1.12 bits per heavy atom. The highest BCUT2D eigenvalue weighted by Gasteiger charge is 2.07. The Morgan fingerprint density at radius 3 is 2.59 bits per heavy atom. The Bertz CT molecular complexity index is 678. The van der Waals surface area contributed by atoms with Gasteiger partial charge < -0.3 is 0 Å². The molecule has 0 aliphatic rings. The monoisotopic (exact) mass is 308 g/mol. The summed E-state index contributed by atoms with van der Waals surface area (Å²) in [7, 11) is 0. The fourth-order valence-electron chi connectivity index (χ4n) is 1.54. The molecule has 0 saturated heterocycles. The molecule has 1 aromatic carbocycles. The van der Waals surface area contributed by atoms with Gasteiger partial charge in [-0.15, -0.1) is 5.10 Å². The van der Waals surface area contributed by atoms with Gasteiger partial charge in [0.05, 0.1) is 11.1 Å². The molecule has 0 amide bonds. The second-order valence-electron chi connectivity index (χ2n) is 3.45. The van der Waals surface area contributed by atoms with E-state index in [2.05, 4.69) is 31.0 Å². The van der Waals surface area contributed by atoms with Crippen molar-refractivity contribution in [3.05, 3.63) is 46.4 Å². The summed E-state index contributed by atoms with van der Waals surface area (Å²) in [6.45, 7) is 0. The second kappa shape index (κ2) is 4.09. The van der Waals surface area contributed by atoms with Crippen molar-refractivity contribution in [3.8, 4) is 5.69 Å². The van der Waals surface area contributed by atoms with Crippen molar-refractivity contribution >= 4 is 38.6 Å².